The van der Waals surface area contributed by atoms with E-state index in [-0.39, 0.29) is 18.8 Å². The van der Waals surface area contributed by atoms with Crippen LogP contribution in [0.2, 0.25) is 0 Å². The molecule has 0 fully saturated rings. The minimum absolute atomic E-state index is 0.0619. The molecular formula is C13H11FO4. The van der Waals surface area contributed by atoms with Crippen molar-refractivity contribution in [3.63, 3.8) is 0 Å². The van der Waals surface area contributed by atoms with Gasteiger partial charge in [-0.3, -0.25) is 0 Å². The van der Waals surface area contributed by atoms with Crippen LogP contribution in [0.3, 0.4) is 0 Å². The summed E-state index contributed by atoms with van der Waals surface area (Å²) in [7, 11) is 0. The Kier molecular flexibility index (Phi) is 3.74. The lowest BCUT2D eigenvalue weighted by Gasteiger charge is -2.05. The Morgan fingerprint density at radius 2 is 2.17 bits per heavy atom. The molecule has 0 atom stereocenters. The Hall–Kier alpha value is -2.14. The quantitative estimate of drug-likeness (QED) is 0.886. The first-order valence-electron chi connectivity index (χ1n) is 5.28. The number of carbonyl (C=O) groups is 1. The second-order valence-electron chi connectivity index (χ2n) is 3.68. The van der Waals surface area contributed by atoms with Crippen molar-refractivity contribution in [2.75, 3.05) is 0 Å². The number of furan rings is 1. The van der Waals surface area contributed by atoms with Gasteiger partial charge in [-0.15, -0.1) is 0 Å². The van der Waals surface area contributed by atoms with Crippen LogP contribution in [0.1, 0.15) is 21.7 Å². The fourth-order valence-electron chi connectivity index (χ4n) is 1.45. The molecule has 0 radical (unpaired) electrons. The molecule has 0 saturated heterocycles. The van der Waals surface area contributed by atoms with Gasteiger partial charge in [-0.1, -0.05) is 6.07 Å². The zero-order valence-corrected chi connectivity index (χ0v) is 9.43. The van der Waals surface area contributed by atoms with E-state index < -0.39 is 11.8 Å². The molecule has 1 N–H and O–H groups in total. The van der Waals surface area contributed by atoms with Crippen LogP contribution in [0.25, 0.3) is 0 Å². The Labute approximate surface area is 103 Å². The molecule has 0 aliphatic carbocycles. The largest absolute Gasteiger partial charge is 0.478 e. The molecule has 1 aromatic carbocycles. The highest BCUT2D eigenvalue weighted by Gasteiger charge is 2.08. The number of hydrogen-bond donors (Lipinski definition) is 1. The highest BCUT2D eigenvalue weighted by Crippen LogP contribution is 2.13. The summed E-state index contributed by atoms with van der Waals surface area (Å²) in [6.07, 6.45) is 1.53. The molecule has 0 aliphatic heterocycles. The van der Waals surface area contributed by atoms with E-state index in [2.05, 4.69) is 0 Å². The maximum absolute atomic E-state index is 13.5. The van der Waals surface area contributed by atoms with Gasteiger partial charge in [0.05, 0.1) is 18.4 Å². The molecule has 94 valence electrons. The molecule has 0 spiro atoms. The maximum Gasteiger partial charge on any atom is 0.335 e. The monoisotopic (exact) mass is 250 g/mol. The van der Waals surface area contributed by atoms with Gasteiger partial charge in [-0.05, 0) is 24.3 Å². The normalized spacial score (nSPS) is 10.5. The Morgan fingerprint density at radius 3 is 2.78 bits per heavy atom. The minimum atomic E-state index is -1.16. The van der Waals surface area contributed by atoms with Gasteiger partial charge >= 0.3 is 5.97 Å². The first kappa shape index (κ1) is 12.3. The molecule has 0 amide bonds. The standard InChI is InChI=1S/C13H11FO4/c14-12-6-9(13(15)16)3-4-10(12)7-17-8-11-2-1-5-18-11/h1-6H,7-8H2,(H,15,16). The van der Waals surface area contributed by atoms with Gasteiger partial charge in [-0.25, -0.2) is 9.18 Å². The fraction of sp³-hybridized carbons (Fsp3) is 0.154. The van der Waals surface area contributed by atoms with Crippen molar-refractivity contribution in [3.8, 4) is 0 Å². The first-order chi connectivity index (χ1) is 8.66. The third-order valence-electron chi connectivity index (χ3n) is 2.38. The molecule has 1 heterocycles. The predicted octanol–water partition coefficient (Wildman–Crippen LogP) is 2.83. The molecule has 0 aliphatic rings. The SMILES string of the molecule is O=C(O)c1ccc(COCc2ccco2)c(F)c1. The molecule has 2 aromatic rings. The van der Waals surface area contributed by atoms with Crippen LogP contribution in [0.4, 0.5) is 4.39 Å². The summed E-state index contributed by atoms with van der Waals surface area (Å²) in [4.78, 5) is 10.6. The van der Waals surface area contributed by atoms with E-state index in [0.717, 1.165) is 6.07 Å². The highest BCUT2D eigenvalue weighted by atomic mass is 19.1. The van der Waals surface area contributed by atoms with Crippen molar-refractivity contribution in [1.82, 2.24) is 0 Å². The van der Waals surface area contributed by atoms with Gasteiger partial charge in [0, 0.05) is 5.56 Å². The van der Waals surface area contributed by atoms with E-state index in [0.29, 0.717) is 11.3 Å². The number of hydrogen-bond acceptors (Lipinski definition) is 3. The van der Waals surface area contributed by atoms with E-state index in [9.17, 15) is 9.18 Å². The van der Waals surface area contributed by atoms with E-state index in [1.165, 1.54) is 18.4 Å². The average molecular weight is 250 g/mol. The van der Waals surface area contributed by atoms with Gasteiger partial charge in [-0.2, -0.15) is 0 Å². The molecule has 1 aromatic heterocycles. The van der Waals surface area contributed by atoms with Crippen molar-refractivity contribution < 1.29 is 23.4 Å². The predicted molar refractivity (Wildman–Crippen MR) is 60.6 cm³/mol. The smallest absolute Gasteiger partial charge is 0.335 e. The van der Waals surface area contributed by atoms with Gasteiger partial charge in [0.25, 0.3) is 0 Å². The summed E-state index contributed by atoms with van der Waals surface area (Å²) < 4.78 is 23.8. The Balaban J connectivity index is 1.95. The number of ether oxygens (including phenoxy) is 1. The number of benzene rings is 1. The Bertz CT molecular complexity index is 534. The lowest BCUT2D eigenvalue weighted by Crippen LogP contribution is -2.01. The Morgan fingerprint density at radius 1 is 1.33 bits per heavy atom. The molecule has 2 rings (SSSR count). The number of halogens is 1. The lowest BCUT2D eigenvalue weighted by atomic mass is 10.1. The topological polar surface area (TPSA) is 59.7 Å². The summed E-state index contributed by atoms with van der Waals surface area (Å²) in [5, 5.41) is 8.69. The summed E-state index contributed by atoms with van der Waals surface area (Å²) in [5.74, 6) is -1.09. The number of carboxylic acid groups (broad SMARTS) is 1. The van der Waals surface area contributed by atoms with Crippen molar-refractivity contribution in [2.24, 2.45) is 0 Å². The summed E-state index contributed by atoms with van der Waals surface area (Å²) in [6, 6.07) is 7.22. The summed E-state index contributed by atoms with van der Waals surface area (Å²) in [5.41, 5.74) is 0.230. The number of aromatic carboxylic acids is 1. The average Bonchev–Trinajstić information content (AvgIpc) is 2.84. The minimum Gasteiger partial charge on any atom is -0.478 e. The van der Waals surface area contributed by atoms with Crippen LogP contribution in [0.5, 0.6) is 0 Å². The zero-order valence-electron chi connectivity index (χ0n) is 9.43. The second kappa shape index (κ2) is 5.46. The molecule has 0 unspecified atom stereocenters. The van der Waals surface area contributed by atoms with Gasteiger partial charge in [0.2, 0.25) is 0 Å². The maximum atomic E-state index is 13.5. The molecular weight excluding hydrogens is 239 g/mol. The van der Waals surface area contributed by atoms with Crippen LogP contribution >= 0.6 is 0 Å². The van der Waals surface area contributed by atoms with Crippen molar-refractivity contribution in [2.45, 2.75) is 13.2 Å². The van der Waals surface area contributed by atoms with Crippen LogP contribution in [0.15, 0.2) is 41.0 Å². The fourth-order valence-corrected chi connectivity index (χ4v) is 1.45. The van der Waals surface area contributed by atoms with Crippen LogP contribution < -0.4 is 0 Å². The zero-order chi connectivity index (χ0) is 13.0. The van der Waals surface area contributed by atoms with E-state index in [1.54, 1.807) is 12.1 Å². The van der Waals surface area contributed by atoms with Crippen molar-refractivity contribution in [1.29, 1.82) is 0 Å². The van der Waals surface area contributed by atoms with Crippen molar-refractivity contribution >= 4 is 5.97 Å². The van der Waals surface area contributed by atoms with Crippen LogP contribution in [0, 0.1) is 5.82 Å². The molecule has 0 bridgehead atoms. The van der Waals surface area contributed by atoms with Crippen molar-refractivity contribution in [3.05, 3.63) is 59.3 Å². The van der Waals surface area contributed by atoms with Crippen LogP contribution in [-0.2, 0) is 18.0 Å². The van der Waals surface area contributed by atoms with Gasteiger partial charge < -0.3 is 14.3 Å². The van der Waals surface area contributed by atoms with Gasteiger partial charge in [0.15, 0.2) is 0 Å². The summed E-state index contributed by atoms with van der Waals surface area (Å²) >= 11 is 0. The number of carboxylic acids is 1. The lowest BCUT2D eigenvalue weighted by molar-refractivity contribution is 0.0695. The second-order valence-corrected chi connectivity index (χ2v) is 3.68. The third-order valence-corrected chi connectivity index (χ3v) is 2.38. The molecule has 4 nitrogen and oxygen atoms in total. The third kappa shape index (κ3) is 2.95. The van der Waals surface area contributed by atoms with E-state index in [4.69, 9.17) is 14.3 Å². The van der Waals surface area contributed by atoms with Crippen LogP contribution in [-0.4, -0.2) is 11.1 Å². The molecule has 18 heavy (non-hydrogen) atoms. The summed E-state index contributed by atoms with van der Waals surface area (Å²) in [6.45, 7) is 0.305. The number of rotatable bonds is 5. The van der Waals surface area contributed by atoms with E-state index >= 15 is 0 Å². The first-order valence-corrected chi connectivity index (χ1v) is 5.28. The van der Waals surface area contributed by atoms with E-state index in [1.807, 2.05) is 0 Å². The molecule has 5 heteroatoms. The highest BCUT2D eigenvalue weighted by molar-refractivity contribution is 5.87. The molecule has 0 saturated carbocycles. The van der Waals surface area contributed by atoms with Gasteiger partial charge in [0.1, 0.15) is 18.2 Å².